The highest BCUT2D eigenvalue weighted by molar-refractivity contribution is 7.84. The maximum absolute atomic E-state index is 11.9. The summed E-state index contributed by atoms with van der Waals surface area (Å²) in [6, 6.07) is 0. The maximum atomic E-state index is 11.9. The fourth-order valence-corrected chi connectivity index (χ4v) is 2.22. The van der Waals surface area contributed by atoms with Crippen molar-refractivity contribution in [1.29, 1.82) is 0 Å². The van der Waals surface area contributed by atoms with Crippen LogP contribution in [-0.4, -0.2) is 45.8 Å². The minimum absolute atomic E-state index is 0.173. The summed E-state index contributed by atoms with van der Waals surface area (Å²) >= 11 is 0. The number of hydrogen-bond acceptors (Lipinski definition) is 3. The number of rotatable bonds is 5. The van der Waals surface area contributed by atoms with E-state index in [1.165, 1.54) is 0 Å². The lowest BCUT2D eigenvalue weighted by atomic mass is 9.99. The van der Waals surface area contributed by atoms with Crippen LogP contribution in [0.5, 0.6) is 0 Å². The Morgan fingerprint density at radius 3 is 2.73 bits per heavy atom. The van der Waals surface area contributed by atoms with Gasteiger partial charge in [-0.1, -0.05) is 6.92 Å². The van der Waals surface area contributed by atoms with E-state index >= 15 is 0 Å². The van der Waals surface area contributed by atoms with E-state index in [0.717, 1.165) is 12.8 Å². The van der Waals surface area contributed by atoms with Gasteiger partial charge in [0.25, 0.3) is 0 Å². The molecule has 15 heavy (non-hydrogen) atoms. The van der Waals surface area contributed by atoms with Crippen LogP contribution in [-0.2, 0) is 15.6 Å². The number of nitrogens with one attached hydrogen (secondary N) is 1. The van der Waals surface area contributed by atoms with E-state index in [1.54, 1.807) is 6.26 Å². The summed E-state index contributed by atoms with van der Waals surface area (Å²) in [5.41, 5.74) is -0.384. The van der Waals surface area contributed by atoms with Crippen molar-refractivity contribution < 1.29 is 9.00 Å². The minimum atomic E-state index is -0.756. The molecule has 0 radical (unpaired) electrons. The Balaban J connectivity index is 2.40. The number of hydrogen-bond donors (Lipinski definition) is 1. The van der Waals surface area contributed by atoms with Gasteiger partial charge in [0, 0.05) is 29.4 Å². The van der Waals surface area contributed by atoms with Gasteiger partial charge in [-0.05, 0) is 19.8 Å². The van der Waals surface area contributed by atoms with E-state index in [4.69, 9.17) is 0 Å². The van der Waals surface area contributed by atoms with Crippen molar-refractivity contribution in [2.24, 2.45) is 0 Å². The van der Waals surface area contributed by atoms with Gasteiger partial charge in [0.05, 0.1) is 12.2 Å². The van der Waals surface area contributed by atoms with Gasteiger partial charge in [-0.25, -0.2) is 0 Å². The Hall–Kier alpha value is -0.420. The van der Waals surface area contributed by atoms with Crippen LogP contribution < -0.4 is 5.32 Å². The van der Waals surface area contributed by atoms with Crippen molar-refractivity contribution in [3.8, 4) is 0 Å². The molecule has 1 aliphatic heterocycles. The van der Waals surface area contributed by atoms with Crippen LogP contribution >= 0.6 is 0 Å². The third kappa shape index (κ3) is 3.01. The number of nitrogens with zero attached hydrogens (tertiary/aromatic N) is 1. The largest absolute Gasteiger partial charge is 0.328 e. The lowest BCUT2D eigenvalue weighted by molar-refractivity contribution is -0.132. The van der Waals surface area contributed by atoms with Crippen LogP contribution in [0, 0.1) is 0 Å². The molecule has 1 amide bonds. The zero-order chi connectivity index (χ0) is 11.5. The van der Waals surface area contributed by atoms with Gasteiger partial charge >= 0.3 is 0 Å². The number of carbonyl (C=O) groups excluding carboxylic acids is 1. The van der Waals surface area contributed by atoms with Crippen LogP contribution in [0.15, 0.2) is 0 Å². The monoisotopic (exact) mass is 232 g/mol. The first-order valence-electron chi connectivity index (χ1n) is 5.34. The zero-order valence-corrected chi connectivity index (χ0v) is 10.5. The Morgan fingerprint density at radius 1 is 1.60 bits per heavy atom. The smallest absolute Gasteiger partial charge is 0.243 e. The second-order valence-electron chi connectivity index (χ2n) is 4.22. The number of carbonyl (C=O) groups is 1. The molecule has 0 spiro atoms. The van der Waals surface area contributed by atoms with Gasteiger partial charge in [-0.2, -0.15) is 0 Å². The van der Waals surface area contributed by atoms with Gasteiger partial charge < -0.3 is 4.90 Å². The summed E-state index contributed by atoms with van der Waals surface area (Å²) in [4.78, 5) is 13.7. The summed E-state index contributed by atoms with van der Waals surface area (Å²) in [7, 11) is -0.756. The molecule has 0 aliphatic carbocycles. The molecule has 1 aliphatic rings. The molecule has 2 atom stereocenters. The Bertz CT molecular complexity index is 270. The molecule has 1 N–H and O–H groups in total. The second-order valence-corrected chi connectivity index (χ2v) is 5.77. The minimum Gasteiger partial charge on any atom is -0.328 e. The standard InChI is InChI=1S/C10H20N2O2S/c1-4-10(2)9(13)12(8-11-10)6-5-7-15(3)14/h11H,4-8H2,1-3H3. The fourth-order valence-electron chi connectivity index (χ4n) is 1.68. The molecule has 0 bridgehead atoms. The SMILES string of the molecule is CCC1(C)NCN(CCCS(C)=O)C1=O. The molecular formula is C10H20N2O2S. The first kappa shape index (κ1) is 12.6. The molecule has 0 aromatic rings. The summed E-state index contributed by atoms with van der Waals surface area (Å²) in [5, 5.41) is 3.22. The van der Waals surface area contributed by atoms with Crippen molar-refractivity contribution in [1.82, 2.24) is 10.2 Å². The molecule has 2 unspecified atom stereocenters. The van der Waals surface area contributed by atoms with Crippen molar-refractivity contribution in [2.75, 3.05) is 25.2 Å². The Labute approximate surface area is 93.9 Å². The van der Waals surface area contributed by atoms with Crippen LogP contribution in [0.3, 0.4) is 0 Å². The molecule has 1 fully saturated rings. The fraction of sp³-hybridized carbons (Fsp3) is 0.900. The van der Waals surface area contributed by atoms with Crippen molar-refractivity contribution in [3.63, 3.8) is 0 Å². The molecule has 1 heterocycles. The maximum Gasteiger partial charge on any atom is 0.243 e. The Morgan fingerprint density at radius 2 is 2.27 bits per heavy atom. The molecule has 1 saturated heterocycles. The molecule has 0 aromatic heterocycles. The van der Waals surface area contributed by atoms with Crippen molar-refractivity contribution >= 4 is 16.7 Å². The normalized spacial score (nSPS) is 28.5. The predicted molar refractivity (Wildman–Crippen MR) is 62.0 cm³/mol. The Kier molecular flexibility index (Phi) is 4.28. The number of amides is 1. The zero-order valence-electron chi connectivity index (χ0n) is 9.71. The molecule has 88 valence electrons. The second kappa shape index (κ2) is 5.07. The quantitative estimate of drug-likeness (QED) is 0.742. The van der Waals surface area contributed by atoms with Gasteiger partial charge in [0.15, 0.2) is 0 Å². The van der Waals surface area contributed by atoms with Gasteiger partial charge in [-0.15, -0.1) is 0 Å². The van der Waals surface area contributed by atoms with Crippen LogP contribution in [0.2, 0.25) is 0 Å². The third-order valence-corrected chi connectivity index (χ3v) is 3.85. The van der Waals surface area contributed by atoms with E-state index < -0.39 is 10.8 Å². The molecule has 0 aromatic carbocycles. The van der Waals surface area contributed by atoms with Gasteiger partial charge in [0.1, 0.15) is 0 Å². The van der Waals surface area contributed by atoms with E-state index in [1.807, 2.05) is 18.7 Å². The highest BCUT2D eigenvalue weighted by Gasteiger charge is 2.40. The first-order chi connectivity index (χ1) is 6.99. The molecule has 5 heteroatoms. The van der Waals surface area contributed by atoms with Crippen LogP contribution in [0.1, 0.15) is 26.7 Å². The highest BCUT2D eigenvalue weighted by Crippen LogP contribution is 2.18. The summed E-state index contributed by atoms with van der Waals surface area (Å²) < 4.78 is 10.9. The molecule has 4 nitrogen and oxygen atoms in total. The topological polar surface area (TPSA) is 49.4 Å². The van der Waals surface area contributed by atoms with E-state index in [9.17, 15) is 9.00 Å². The van der Waals surface area contributed by atoms with Crippen LogP contribution in [0.4, 0.5) is 0 Å². The molecule has 0 saturated carbocycles. The lowest BCUT2D eigenvalue weighted by Gasteiger charge is -2.20. The average Bonchev–Trinajstić information content (AvgIpc) is 2.46. The summed E-state index contributed by atoms with van der Waals surface area (Å²) in [5.74, 6) is 0.846. The van der Waals surface area contributed by atoms with E-state index in [2.05, 4.69) is 5.32 Å². The highest BCUT2D eigenvalue weighted by atomic mass is 32.2. The first-order valence-corrected chi connectivity index (χ1v) is 7.07. The molecule has 1 rings (SSSR count). The third-order valence-electron chi connectivity index (χ3n) is 2.99. The van der Waals surface area contributed by atoms with Crippen molar-refractivity contribution in [3.05, 3.63) is 0 Å². The molecular weight excluding hydrogens is 212 g/mol. The van der Waals surface area contributed by atoms with Gasteiger partial charge in [0.2, 0.25) is 5.91 Å². The predicted octanol–water partition coefficient (Wildman–Crippen LogP) is 0.313. The summed E-state index contributed by atoms with van der Waals surface area (Å²) in [6.07, 6.45) is 3.32. The van der Waals surface area contributed by atoms with E-state index in [-0.39, 0.29) is 11.4 Å². The summed E-state index contributed by atoms with van der Waals surface area (Å²) in [6.45, 7) is 5.28. The van der Waals surface area contributed by atoms with Gasteiger partial charge in [-0.3, -0.25) is 14.3 Å². The van der Waals surface area contributed by atoms with E-state index in [0.29, 0.717) is 19.0 Å². The van der Waals surface area contributed by atoms with Crippen LogP contribution in [0.25, 0.3) is 0 Å². The average molecular weight is 232 g/mol. The lowest BCUT2D eigenvalue weighted by Crippen LogP contribution is -2.43. The van der Waals surface area contributed by atoms with Crippen molar-refractivity contribution in [2.45, 2.75) is 32.2 Å².